The van der Waals surface area contributed by atoms with Crippen LogP contribution in [0.1, 0.15) is 26.2 Å². The van der Waals surface area contributed by atoms with Crippen molar-refractivity contribution >= 4 is 12.3 Å². The number of carbonyl (C=O) groups is 2. The molecule has 1 rings (SSSR count). The van der Waals surface area contributed by atoms with E-state index in [2.05, 4.69) is 17.6 Å². The fraction of sp³-hybridized carbons (Fsp3) is 0.750. The van der Waals surface area contributed by atoms with Crippen LogP contribution in [0.25, 0.3) is 0 Å². The van der Waals surface area contributed by atoms with E-state index in [1.807, 2.05) is 0 Å². The highest BCUT2D eigenvalue weighted by Crippen LogP contribution is 2.38. The second kappa shape index (κ2) is 3.56. The highest BCUT2D eigenvalue weighted by molar-refractivity contribution is 5.80. The van der Waals surface area contributed by atoms with E-state index >= 15 is 0 Å². The molecule has 0 aliphatic heterocycles. The van der Waals surface area contributed by atoms with Crippen molar-refractivity contribution in [2.45, 2.75) is 31.7 Å². The Bertz CT molecular complexity index is 187. The minimum Gasteiger partial charge on any atom is -0.350 e. The summed E-state index contributed by atoms with van der Waals surface area (Å²) < 4.78 is 0. The van der Waals surface area contributed by atoms with E-state index in [-0.39, 0.29) is 18.0 Å². The summed E-state index contributed by atoms with van der Waals surface area (Å²) >= 11 is 0. The highest BCUT2D eigenvalue weighted by atomic mass is 16.2. The molecule has 1 saturated carbocycles. The van der Waals surface area contributed by atoms with Crippen LogP contribution in [0, 0.1) is 0 Å². The highest BCUT2D eigenvalue weighted by Gasteiger charge is 2.41. The molecular weight excluding hydrogens is 156 g/mol. The van der Waals surface area contributed by atoms with Gasteiger partial charge in [-0.05, 0) is 19.3 Å². The summed E-state index contributed by atoms with van der Waals surface area (Å²) in [7, 11) is 0. The topological polar surface area (TPSA) is 58.2 Å². The first-order valence-corrected chi connectivity index (χ1v) is 4.20. The van der Waals surface area contributed by atoms with E-state index in [1.54, 1.807) is 0 Å². The maximum absolute atomic E-state index is 11.1. The van der Waals surface area contributed by atoms with Gasteiger partial charge in [0.15, 0.2) is 0 Å². The smallest absolute Gasteiger partial charge is 0.239 e. The Kier molecular flexibility index (Phi) is 2.68. The summed E-state index contributed by atoms with van der Waals surface area (Å²) in [6, 6.07) is 0. The lowest BCUT2D eigenvalue weighted by molar-refractivity contribution is -0.123. The van der Waals surface area contributed by atoms with Crippen molar-refractivity contribution in [1.29, 1.82) is 0 Å². The van der Waals surface area contributed by atoms with Crippen molar-refractivity contribution in [3.63, 3.8) is 0 Å². The first-order valence-electron chi connectivity index (χ1n) is 4.20. The minimum atomic E-state index is -0.0959. The summed E-state index contributed by atoms with van der Waals surface area (Å²) in [6.45, 7) is 2.14. The predicted octanol–water partition coefficient (Wildman–Crippen LogP) is -0.209. The van der Waals surface area contributed by atoms with Crippen molar-refractivity contribution in [1.82, 2.24) is 10.6 Å². The molecule has 1 aliphatic carbocycles. The average Bonchev–Trinajstić information content (AvgIpc) is 2.82. The van der Waals surface area contributed by atoms with Crippen LogP contribution in [0.3, 0.4) is 0 Å². The minimum absolute atomic E-state index is 0.0572. The molecular formula is C8H14N2O2. The van der Waals surface area contributed by atoms with Crippen LogP contribution in [0.2, 0.25) is 0 Å². The number of rotatable bonds is 5. The molecule has 4 nitrogen and oxygen atoms in total. The predicted molar refractivity (Wildman–Crippen MR) is 44.5 cm³/mol. The van der Waals surface area contributed by atoms with Crippen LogP contribution < -0.4 is 10.6 Å². The third kappa shape index (κ3) is 2.22. The van der Waals surface area contributed by atoms with E-state index in [0.717, 1.165) is 19.3 Å². The molecule has 0 aromatic heterocycles. The van der Waals surface area contributed by atoms with Gasteiger partial charge in [-0.1, -0.05) is 6.92 Å². The first-order chi connectivity index (χ1) is 5.72. The van der Waals surface area contributed by atoms with E-state index in [1.165, 1.54) is 0 Å². The molecule has 0 radical (unpaired) electrons. The van der Waals surface area contributed by atoms with Crippen LogP contribution in [0.5, 0.6) is 0 Å². The molecule has 0 heterocycles. The van der Waals surface area contributed by atoms with Crippen LogP contribution in [-0.2, 0) is 9.59 Å². The van der Waals surface area contributed by atoms with E-state index in [9.17, 15) is 9.59 Å². The number of carbonyl (C=O) groups excluding carboxylic acids is 2. The Hall–Kier alpha value is -1.06. The molecule has 0 saturated heterocycles. The van der Waals surface area contributed by atoms with Crippen molar-refractivity contribution in [2.24, 2.45) is 0 Å². The van der Waals surface area contributed by atoms with Gasteiger partial charge in [-0.25, -0.2) is 0 Å². The van der Waals surface area contributed by atoms with Gasteiger partial charge < -0.3 is 10.6 Å². The molecule has 2 N–H and O–H groups in total. The Morgan fingerprint density at radius 2 is 2.25 bits per heavy atom. The molecule has 1 fully saturated rings. The second-order valence-electron chi connectivity index (χ2n) is 3.18. The van der Waals surface area contributed by atoms with Gasteiger partial charge in [0, 0.05) is 5.54 Å². The fourth-order valence-corrected chi connectivity index (χ4v) is 1.19. The molecule has 0 aromatic carbocycles. The largest absolute Gasteiger partial charge is 0.350 e. The average molecular weight is 170 g/mol. The first kappa shape index (κ1) is 9.03. The Balaban J connectivity index is 2.21. The maximum atomic E-state index is 11.1. The molecule has 68 valence electrons. The fourth-order valence-electron chi connectivity index (χ4n) is 1.19. The van der Waals surface area contributed by atoms with Gasteiger partial charge in [-0.15, -0.1) is 0 Å². The standard InChI is InChI=1S/C8H14N2O2/c1-2-8(3-4-8)10-7(12)5-9-6-11/h6H,2-5H2,1H3,(H,9,11)(H,10,12). The van der Waals surface area contributed by atoms with Crippen LogP contribution >= 0.6 is 0 Å². The summed E-state index contributed by atoms with van der Waals surface area (Å²) in [5, 5.41) is 5.22. The van der Waals surface area contributed by atoms with Gasteiger partial charge in [0.1, 0.15) is 0 Å². The number of hydrogen-bond donors (Lipinski definition) is 2. The van der Waals surface area contributed by atoms with Crippen molar-refractivity contribution in [2.75, 3.05) is 6.54 Å². The molecule has 4 heteroatoms. The Labute approximate surface area is 71.7 Å². The third-order valence-electron chi connectivity index (χ3n) is 2.28. The summed E-state index contributed by atoms with van der Waals surface area (Å²) in [6.07, 6.45) is 3.64. The quantitative estimate of drug-likeness (QED) is 0.561. The van der Waals surface area contributed by atoms with E-state index < -0.39 is 0 Å². The Morgan fingerprint density at radius 3 is 2.67 bits per heavy atom. The zero-order chi connectivity index (χ0) is 9.03. The third-order valence-corrected chi connectivity index (χ3v) is 2.28. The van der Waals surface area contributed by atoms with E-state index in [4.69, 9.17) is 0 Å². The van der Waals surface area contributed by atoms with Crippen LogP contribution in [-0.4, -0.2) is 24.4 Å². The lowest BCUT2D eigenvalue weighted by Gasteiger charge is -2.14. The SMILES string of the molecule is CCC1(NC(=O)CNC=O)CC1. The van der Waals surface area contributed by atoms with Crippen LogP contribution in [0.15, 0.2) is 0 Å². The zero-order valence-corrected chi connectivity index (χ0v) is 7.22. The monoisotopic (exact) mass is 170 g/mol. The normalized spacial score (nSPS) is 18.1. The lowest BCUT2D eigenvalue weighted by Crippen LogP contribution is -2.41. The van der Waals surface area contributed by atoms with Crippen LogP contribution in [0.4, 0.5) is 0 Å². The molecule has 0 atom stereocenters. The van der Waals surface area contributed by atoms with Crippen molar-refractivity contribution < 1.29 is 9.59 Å². The van der Waals surface area contributed by atoms with Crippen molar-refractivity contribution in [3.05, 3.63) is 0 Å². The van der Waals surface area contributed by atoms with Crippen molar-refractivity contribution in [3.8, 4) is 0 Å². The second-order valence-corrected chi connectivity index (χ2v) is 3.18. The lowest BCUT2D eigenvalue weighted by atomic mass is 10.2. The van der Waals surface area contributed by atoms with Gasteiger partial charge in [-0.3, -0.25) is 9.59 Å². The van der Waals surface area contributed by atoms with Gasteiger partial charge in [0.25, 0.3) is 0 Å². The molecule has 0 bridgehead atoms. The summed E-state index contributed by atoms with van der Waals surface area (Å²) in [5.74, 6) is -0.0959. The summed E-state index contributed by atoms with van der Waals surface area (Å²) in [5.41, 5.74) is 0.0572. The van der Waals surface area contributed by atoms with Gasteiger partial charge in [-0.2, -0.15) is 0 Å². The zero-order valence-electron chi connectivity index (χ0n) is 7.22. The molecule has 1 aliphatic rings. The Morgan fingerprint density at radius 1 is 1.58 bits per heavy atom. The van der Waals surface area contributed by atoms with E-state index in [0.29, 0.717) is 6.41 Å². The number of hydrogen-bond acceptors (Lipinski definition) is 2. The number of nitrogens with one attached hydrogen (secondary N) is 2. The molecule has 12 heavy (non-hydrogen) atoms. The van der Waals surface area contributed by atoms with Gasteiger partial charge in [0.05, 0.1) is 6.54 Å². The molecule has 2 amide bonds. The van der Waals surface area contributed by atoms with Gasteiger partial charge in [0.2, 0.25) is 12.3 Å². The molecule has 0 unspecified atom stereocenters. The maximum Gasteiger partial charge on any atom is 0.239 e. The molecule has 0 spiro atoms. The van der Waals surface area contributed by atoms with Gasteiger partial charge >= 0.3 is 0 Å². The molecule has 0 aromatic rings. The number of amides is 2. The summed E-state index contributed by atoms with van der Waals surface area (Å²) in [4.78, 5) is 21.0.